The summed E-state index contributed by atoms with van der Waals surface area (Å²) in [6.45, 7) is 0. The van der Waals surface area contributed by atoms with Gasteiger partial charge in [-0.25, -0.2) is 4.39 Å². The zero-order chi connectivity index (χ0) is 13.4. The highest BCUT2D eigenvalue weighted by Crippen LogP contribution is 2.44. The minimum Gasteiger partial charge on any atom is -0.321 e. The molecule has 18 heavy (non-hydrogen) atoms. The van der Waals surface area contributed by atoms with E-state index in [1.54, 1.807) is 0 Å². The quantitative estimate of drug-likeness (QED) is 0.790. The Balaban J connectivity index is 2.15. The van der Waals surface area contributed by atoms with Crippen LogP contribution >= 0.6 is 0 Å². The van der Waals surface area contributed by atoms with Gasteiger partial charge in [-0.2, -0.15) is 13.2 Å². The van der Waals surface area contributed by atoms with E-state index in [2.05, 4.69) is 4.98 Å². The summed E-state index contributed by atoms with van der Waals surface area (Å²) in [4.78, 5) is 3.61. The fourth-order valence-corrected chi connectivity index (χ4v) is 2.51. The Morgan fingerprint density at radius 1 is 1.28 bits per heavy atom. The van der Waals surface area contributed by atoms with Crippen LogP contribution in [0, 0.1) is 11.7 Å². The molecule has 1 saturated carbocycles. The second-order valence-electron chi connectivity index (χ2n) is 4.83. The first-order valence-electron chi connectivity index (χ1n) is 5.78. The summed E-state index contributed by atoms with van der Waals surface area (Å²) in [5.74, 6) is -1.87. The average molecular weight is 262 g/mol. The van der Waals surface area contributed by atoms with Crippen molar-refractivity contribution in [1.29, 1.82) is 0 Å². The summed E-state index contributed by atoms with van der Waals surface area (Å²) in [6.07, 6.45) is -1.57. The van der Waals surface area contributed by atoms with Gasteiger partial charge < -0.3 is 5.73 Å². The maximum atomic E-state index is 13.6. The van der Waals surface area contributed by atoms with E-state index in [1.165, 1.54) is 12.3 Å². The molecule has 2 N–H and O–H groups in total. The second-order valence-corrected chi connectivity index (χ2v) is 4.83. The van der Waals surface area contributed by atoms with Crippen LogP contribution in [-0.4, -0.2) is 11.2 Å². The molecular formula is C12H14F4N2. The van der Waals surface area contributed by atoms with Crippen molar-refractivity contribution >= 4 is 0 Å². The molecule has 1 aromatic rings. The number of rotatable bonds is 1. The van der Waals surface area contributed by atoms with Gasteiger partial charge in [0.15, 0.2) is 0 Å². The fourth-order valence-electron chi connectivity index (χ4n) is 2.51. The van der Waals surface area contributed by atoms with Crippen LogP contribution in [0.1, 0.15) is 31.2 Å². The summed E-state index contributed by atoms with van der Waals surface area (Å²) in [5, 5.41) is 0. The first kappa shape index (κ1) is 13.3. The lowest BCUT2D eigenvalue weighted by atomic mass is 9.73. The van der Waals surface area contributed by atoms with E-state index in [4.69, 9.17) is 5.73 Å². The van der Waals surface area contributed by atoms with Crippen LogP contribution in [0.15, 0.2) is 18.5 Å². The maximum absolute atomic E-state index is 13.6. The molecule has 6 heteroatoms. The van der Waals surface area contributed by atoms with Crippen molar-refractivity contribution < 1.29 is 17.6 Å². The first-order valence-corrected chi connectivity index (χ1v) is 5.78. The molecule has 0 radical (unpaired) electrons. The van der Waals surface area contributed by atoms with E-state index in [-0.39, 0.29) is 31.2 Å². The van der Waals surface area contributed by atoms with Crippen LogP contribution < -0.4 is 5.73 Å². The lowest BCUT2D eigenvalue weighted by Crippen LogP contribution is -2.43. The highest BCUT2D eigenvalue weighted by molar-refractivity contribution is 5.23. The Morgan fingerprint density at radius 2 is 1.89 bits per heavy atom. The van der Waals surface area contributed by atoms with Crippen LogP contribution in [0.4, 0.5) is 17.6 Å². The van der Waals surface area contributed by atoms with E-state index >= 15 is 0 Å². The number of alkyl halides is 3. The van der Waals surface area contributed by atoms with Gasteiger partial charge in [-0.15, -0.1) is 0 Å². The van der Waals surface area contributed by atoms with Crippen molar-refractivity contribution in [3.8, 4) is 0 Å². The fraction of sp³-hybridized carbons (Fsp3) is 0.583. The van der Waals surface area contributed by atoms with E-state index in [9.17, 15) is 17.6 Å². The number of aromatic nitrogens is 1. The molecule has 0 amide bonds. The van der Waals surface area contributed by atoms with Gasteiger partial charge in [-0.1, -0.05) is 0 Å². The zero-order valence-electron chi connectivity index (χ0n) is 9.67. The van der Waals surface area contributed by atoms with Gasteiger partial charge in [0.1, 0.15) is 5.82 Å². The Kier molecular flexibility index (Phi) is 3.31. The Labute approximate surface area is 102 Å². The molecule has 0 unspecified atom stereocenters. The molecule has 2 rings (SSSR count). The smallest absolute Gasteiger partial charge is 0.321 e. The van der Waals surface area contributed by atoms with Crippen LogP contribution in [0.3, 0.4) is 0 Å². The van der Waals surface area contributed by atoms with Crippen molar-refractivity contribution in [2.75, 3.05) is 0 Å². The monoisotopic (exact) mass is 262 g/mol. The largest absolute Gasteiger partial charge is 0.391 e. The molecular weight excluding hydrogens is 248 g/mol. The number of hydrogen-bond acceptors (Lipinski definition) is 2. The molecule has 1 aliphatic rings. The van der Waals surface area contributed by atoms with Crippen LogP contribution in [0.25, 0.3) is 0 Å². The van der Waals surface area contributed by atoms with Crippen molar-refractivity contribution in [2.45, 2.75) is 37.4 Å². The average Bonchev–Trinajstić information content (AvgIpc) is 2.28. The van der Waals surface area contributed by atoms with Gasteiger partial charge >= 0.3 is 6.18 Å². The van der Waals surface area contributed by atoms with Gasteiger partial charge in [-0.05, 0) is 31.7 Å². The highest BCUT2D eigenvalue weighted by atomic mass is 19.4. The second kappa shape index (κ2) is 4.50. The molecule has 2 nitrogen and oxygen atoms in total. The molecule has 0 saturated heterocycles. The Morgan fingerprint density at radius 3 is 2.39 bits per heavy atom. The van der Waals surface area contributed by atoms with Gasteiger partial charge in [0.2, 0.25) is 0 Å². The molecule has 0 spiro atoms. The minimum absolute atomic E-state index is 0.0538. The van der Waals surface area contributed by atoms with E-state index in [0.29, 0.717) is 0 Å². The Bertz CT molecular complexity index is 422. The predicted octanol–water partition coefficient (Wildman–Crippen LogP) is 3.13. The normalized spacial score (nSPS) is 29.3. The molecule has 0 aromatic carbocycles. The third-order valence-electron chi connectivity index (χ3n) is 3.65. The van der Waals surface area contributed by atoms with Gasteiger partial charge in [0.05, 0.1) is 12.1 Å². The molecule has 0 atom stereocenters. The van der Waals surface area contributed by atoms with Gasteiger partial charge in [0, 0.05) is 17.3 Å². The summed E-state index contributed by atoms with van der Waals surface area (Å²) in [6, 6.07) is 1.45. The molecule has 1 aromatic heterocycles. The van der Waals surface area contributed by atoms with Crippen molar-refractivity contribution in [3.63, 3.8) is 0 Å². The molecule has 1 aliphatic carbocycles. The third kappa shape index (κ3) is 2.48. The molecule has 1 heterocycles. The Hall–Kier alpha value is -1.17. The lowest BCUT2D eigenvalue weighted by Gasteiger charge is -2.38. The minimum atomic E-state index is -4.18. The number of nitrogens with zero attached hydrogens (tertiary/aromatic N) is 1. The van der Waals surface area contributed by atoms with Gasteiger partial charge in [-0.3, -0.25) is 4.98 Å². The number of hydrogen-bond donors (Lipinski definition) is 1. The van der Waals surface area contributed by atoms with Crippen LogP contribution in [0.5, 0.6) is 0 Å². The highest BCUT2D eigenvalue weighted by Gasteiger charge is 2.45. The standard InChI is InChI=1S/C12H14F4N2/c13-10-7-18-6-3-9(10)11(17)4-1-8(2-5-11)12(14,15)16/h3,6-8H,1-2,4-5,17H2. The van der Waals surface area contributed by atoms with Crippen molar-refractivity contribution in [1.82, 2.24) is 4.98 Å². The van der Waals surface area contributed by atoms with E-state index in [1.807, 2.05) is 0 Å². The summed E-state index contributed by atoms with van der Waals surface area (Å²) < 4.78 is 51.2. The van der Waals surface area contributed by atoms with Crippen LogP contribution in [0.2, 0.25) is 0 Å². The maximum Gasteiger partial charge on any atom is 0.391 e. The lowest BCUT2D eigenvalue weighted by molar-refractivity contribution is -0.184. The summed E-state index contributed by atoms with van der Waals surface area (Å²) >= 11 is 0. The number of pyridine rings is 1. The third-order valence-corrected chi connectivity index (χ3v) is 3.65. The van der Waals surface area contributed by atoms with E-state index in [0.717, 1.165) is 6.20 Å². The number of halogens is 4. The van der Waals surface area contributed by atoms with Crippen molar-refractivity contribution in [2.24, 2.45) is 11.7 Å². The predicted molar refractivity (Wildman–Crippen MR) is 58.1 cm³/mol. The van der Waals surface area contributed by atoms with Gasteiger partial charge in [0.25, 0.3) is 0 Å². The first-order chi connectivity index (χ1) is 8.33. The van der Waals surface area contributed by atoms with Crippen molar-refractivity contribution in [3.05, 3.63) is 29.8 Å². The molecule has 100 valence electrons. The topological polar surface area (TPSA) is 38.9 Å². The van der Waals surface area contributed by atoms with E-state index < -0.39 is 23.5 Å². The number of nitrogens with two attached hydrogens (primary N) is 1. The molecule has 1 fully saturated rings. The SMILES string of the molecule is NC1(c2ccncc2F)CCC(C(F)(F)F)CC1. The molecule has 0 aliphatic heterocycles. The van der Waals surface area contributed by atoms with Crippen LogP contribution in [-0.2, 0) is 5.54 Å². The summed E-state index contributed by atoms with van der Waals surface area (Å²) in [7, 11) is 0. The zero-order valence-corrected chi connectivity index (χ0v) is 9.67. The molecule has 0 bridgehead atoms. The summed E-state index contributed by atoms with van der Waals surface area (Å²) in [5.41, 5.74) is 5.31.